The van der Waals surface area contributed by atoms with Crippen molar-refractivity contribution in [1.82, 2.24) is 10.2 Å². The number of amides is 2. The number of ether oxygens (including phenoxy) is 1. The maximum Gasteiger partial charge on any atom is 0.337 e. The van der Waals surface area contributed by atoms with Crippen molar-refractivity contribution in [1.29, 1.82) is 0 Å². The van der Waals surface area contributed by atoms with Gasteiger partial charge in [-0.25, -0.2) is 14.0 Å². The number of halogens is 2. The summed E-state index contributed by atoms with van der Waals surface area (Å²) in [7, 11) is 1.24. The summed E-state index contributed by atoms with van der Waals surface area (Å²) < 4.78 is 19.2. The molecule has 0 bridgehead atoms. The average Bonchev–Trinajstić information content (AvgIpc) is 2.50. The van der Waals surface area contributed by atoms with Gasteiger partial charge in [-0.15, -0.1) is 0 Å². The third-order valence-corrected chi connectivity index (χ3v) is 4.17. The van der Waals surface area contributed by atoms with E-state index in [1.54, 1.807) is 6.92 Å². The van der Waals surface area contributed by atoms with E-state index in [-0.39, 0.29) is 22.1 Å². The molecule has 1 aromatic rings. The minimum absolute atomic E-state index is 0.0523. The molecular weight excluding hydrogens is 335 g/mol. The molecule has 1 heterocycles. The summed E-state index contributed by atoms with van der Waals surface area (Å²) in [6, 6.07) is 2.81. The highest BCUT2D eigenvalue weighted by Gasteiger charge is 2.38. The summed E-state index contributed by atoms with van der Waals surface area (Å²) >= 11 is 6.11. The Balaban J connectivity index is 2.61. The highest BCUT2D eigenvalue weighted by molar-refractivity contribution is 6.31. The SMILES string of the molecule is COC(=O)C1=C(C)N(CC(C)C)C(=O)N[C@@H]1c1c(F)cccc1Cl. The van der Waals surface area contributed by atoms with E-state index in [1.807, 2.05) is 13.8 Å². The van der Waals surface area contributed by atoms with Crippen LogP contribution in [0.1, 0.15) is 32.4 Å². The van der Waals surface area contributed by atoms with E-state index in [9.17, 15) is 14.0 Å². The molecule has 1 aliphatic heterocycles. The second-order valence-corrected chi connectivity index (χ2v) is 6.42. The highest BCUT2D eigenvalue weighted by Crippen LogP contribution is 2.36. The molecule has 0 spiro atoms. The van der Waals surface area contributed by atoms with Crippen LogP contribution < -0.4 is 5.32 Å². The van der Waals surface area contributed by atoms with Crippen LogP contribution in [0.3, 0.4) is 0 Å². The lowest BCUT2D eigenvalue weighted by molar-refractivity contribution is -0.136. The van der Waals surface area contributed by atoms with E-state index in [0.29, 0.717) is 12.2 Å². The number of carbonyl (C=O) groups excluding carboxylic acids is 2. The maximum absolute atomic E-state index is 14.3. The molecule has 0 saturated carbocycles. The number of urea groups is 1. The molecule has 24 heavy (non-hydrogen) atoms. The molecule has 0 aromatic heterocycles. The summed E-state index contributed by atoms with van der Waals surface area (Å²) in [6.07, 6.45) is 0. The molecule has 1 aliphatic rings. The molecule has 0 aliphatic carbocycles. The van der Waals surface area contributed by atoms with Crippen molar-refractivity contribution in [2.24, 2.45) is 5.92 Å². The lowest BCUT2D eigenvalue weighted by Gasteiger charge is -2.36. The summed E-state index contributed by atoms with van der Waals surface area (Å²) in [5.41, 5.74) is 0.657. The number of nitrogens with zero attached hydrogens (tertiary/aromatic N) is 1. The Bertz CT molecular complexity index is 683. The molecule has 0 radical (unpaired) electrons. The van der Waals surface area contributed by atoms with Gasteiger partial charge in [-0.3, -0.25) is 4.90 Å². The van der Waals surface area contributed by atoms with Gasteiger partial charge in [0, 0.05) is 22.8 Å². The van der Waals surface area contributed by atoms with Crippen LogP contribution in [0.2, 0.25) is 5.02 Å². The number of benzene rings is 1. The lowest BCUT2D eigenvalue weighted by atomic mass is 9.94. The fourth-order valence-corrected chi connectivity index (χ4v) is 3.02. The minimum Gasteiger partial charge on any atom is -0.466 e. The van der Waals surface area contributed by atoms with Crippen molar-refractivity contribution in [2.75, 3.05) is 13.7 Å². The molecule has 0 fully saturated rings. The number of esters is 1. The number of hydrogen-bond donors (Lipinski definition) is 1. The number of carbonyl (C=O) groups is 2. The number of nitrogens with one attached hydrogen (secondary N) is 1. The van der Waals surface area contributed by atoms with E-state index in [4.69, 9.17) is 16.3 Å². The molecule has 1 atom stereocenters. The van der Waals surface area contributed by atoms with Gasteiger partial charge in [0.05, 0.1) is 18.7 Å². The molecule has 0 saturated heterocycles. The van der Waals surface area contributed by atoms with Gasteiger partial charge in [-0.05, 0) is 25.0 Å². The minimum atomic E-state index is -0.998. The topological polar surface area (TPSA) is 58.6 Å². The van der Waals surface area contributed by atoms with Crippen molar-refractivity contribution in [3.8, 4) is 0 Å². The van der Waals surface area contributed by atoms with Crippen LogP contribution in [0.15, 0.2) is 29.5 Å². The summed E-state index contributed by atoms with van der Waals surface area (Å²) in [6.45, 7) is 5.99. The van der Waals surface area contributed by atoms with E-state index in [1.165, 1.54) is 30.2 Å². The molecule has 2 rings (SSSR count). The maximum atomic E-state index is 14.3. The van der Waals surface area contributed by atoms with Crippen molar-refractivity contribution in [3.63, 3.8) is 0 Å². The van der Waals surface area contributed by atoms with Crippen LogP contribution in [-0.2, 0) is 9.53 Å². The lowest BCUT2D eigenvalue weighted by Crippen LogP contribution is -2.49. The fraction of sp³-hybridized carbons (Fsp3) is 0.412. The smallest absolute Gasteiger partial charge is 0.337 e. The van der Waals surface area contributed by atoms with Crippen molar-refractivity contribution < 1.29 is 18.7 Å². The second-order valence-electron chi connectivity index (χ2n) is 6.01. The standard InChI is InChI=1S/C17H20ClFN2O3/c1-9(2)8-21-10(3)13(16(22)24-4)15(20-17(21)23)14-11(18)6-5-7-12(14)19/h5-7,9,15H,8H2,1-4H3,(H,20,23)/t15-/m0/s1. The molecule has 7 heteroatoms. The number of hydrogen-bond acceptors (Lipinski definition) is 3. The van der Waals surface area contributed by atoms with Crippen molar-refractivity contribution in [2.45, 2.75) is 26.8 Å². The quantitative estimate of drug-likeness (QED) is 0.840. The first-order valence-corrected chi connectivity index (χ1v) is 7.96. The largest absolute Gasteiger partial charge is 0.466 e. The van der Waals surface area contributed by atoms with Gasteiger partial charge >= 0.3 is 12.0 Å². The average molecular weight is 355 g/mol. The Kier molecular flexibility index (Phi) is 5.49. The van der Waals surface area contributed by atoms with Gasteiger partial charge in [0.2, 0.25) is 0 Å². The second kappa shape index (κ2) is 7.21. The number of allylic oxidation sites excluding steroid dienone is 1. The normalized spacial score (nSPS) is 18.0. The zero-order chi connectivity index (χ0) is 18.0. The third-order valence-electron chi connectivity index (χ3n) is 3.84. The zero-order valence-electron chi connectivity index (χ0n) is 14.0. The van der Waals surface area contributed by atoms with Gasteiger partial charge in [0.1, 0.15) is 5.82 Å². The molecule has 1 N–H and O–H groups in total. The first-order valence-electron chi connectivity index (χ1n) is 7.59. The van der Waals surface area contributed by atoms with E-state index in [2.05, 4.69) is 5.32 Å². The Morgan fingerprint density at radius 2 is 2.12 bits per heavy atom. The van der Waals surface area contributed by atoms with Gasteiger partial charge in [0.25, 0.3) is 0 Å². The van der Waals surface area contributed by atoms with E-state index >= 15 is 0 Å². The number of rotatable bonds is 4. The van der Waals surface area contributed by atoms with Crippen LogP contribution in [0, 0.1) is 11.7 Å². The van der Waals surface area contributed by atoms with Gasteiger partial charge in [-0.2, -0.15) is 0 Å². The fourth-order valence-electron chi connectivity index (χ4n) is 2.74. The summed E-state index contributed by atoms with van der Waals surface area (Å²) in [5.74, 6) is -1.04. The van der Waals surface area contributed by atoms with Gasteiger partial charge < -0.3 is 10.1 Å². The molecule has 0 unspecified atom stereocenters. The first kappa shape index (κ1) is 18.3. The van der Waals surface area contributed by atoms with Crippen LogP contribution in [0.4, 0.5) is 9.18 Å². The third kappa shape index (κ3) is 3.38. The van der Waals surface area contributed by atoms with Gasteiger partial charge in [-0.1, -0.05) is 31.5 Å². The molecular formula is C17H20ClFN2O3. The molecule has 130 valence electrons. The first-order chi connectivity index (χ1) is 11.3. The Morgan fingerprint density at radius 3 is 2.67 bits per heavy atom. The predicted molar refractivity (Wildman–Crippen MR) is 88.9 cm³/mol. The molecule has 1 aromatic carbocycles. The van der Waals surface area contributed by atoms with E-state index < -0.39 is 23.9 Å². The molecule has 5 nitrogen and oxygen atoms in total. The van der Waals surface area contributed by atoms with Crippen molar-refractivity contribution in [3.05, 3.63) is 45.9 Å². The highest BCUT2D eigenvalue weighted by atomic mass is 35.5. The van der Waals surface area contributed by atoms with Crippen molar-refractivity contribution >= 4 is 23.6 Å². The Hall–Kier alpha value is -2.08. The van der Waals surface area contributed by atoms with Gasteiger partial charge in [0.15, 0.2) is 0 Å². The van der Waals surface area contributed by atoms with Crippen LogP contribution in [-0.4, -0.2) is 30.6 Å². The molecule has 2 amide bonds. The summed E-state index contributed by atoms with van der Waals surface area (Å²) in [5, 5.41) is 2.80. The van der Waals surface area contributed by atoms with Crippen LogP contribution >= 0.6 is 11.6 Å². The monoisotopic (exact) mass is 354 g/mol. The predicted octanol–water partition coefficient (Wildman–Crippen LogP) is 3.65. The number of methoxy groups -OCH3 is 1. The van der Waals surface area contributed by atoms with E-state index in [0.717, 1.165) is 0 Å². The zero-order valence-corrected chi connectivity index (χ0v) is 14.8. The van der Waals surface area contributed by atoms with Crippen LogP contribution in [0.5, 0.6) is 0 Å². The summed E-state index contributed by atoms with van der Waals surface area (Å²) in [4.78, 5) is 26.2. The Morgan fingerprint density at radius 1 is 1.46 bits per heavy atom. The van der Waals surface area contributed by atoms with Crippen LogP contribution in [0.25, 0.3) is 0 Å². The Labute approximate surface area is 145 Å².